The molecule has 1 N–H and O–H groups in total. The lowest BCUT2D eigenvalue weighted by Gasteiger charge is -2.30. The minimum absolute atomic E-state index is 0.147. The molecule has 0 aromatic heterocycles. The first kappa shape index (κ1) is 16.0. The molecule has 0 radical (unpaired) electrons. The first-order valence-electron chi connectivity index (χ1n) is 7.66. The fraction of sp³-hybridized carbons (Fsp3) is 0.647. The lowest BCUT2D eigenvalue weighted by atomic mass is 9.80. The number of hydrogen-bond acceptors (Lipinski definition) is 1. The van der Waals surface area contributed by atoms with E-state index in [-0.39, 0.29) is 5.82 Å². The van der Waals surface area contributed by atoms with Gasteiger partial charge in [0.1, 0.15) is 5.82 Å². The van der Waals surface area contributed by atoms with Gasteiger partial charge >= 0.3 is 0 Å². The van der Waals surface area contributed by atoms with Gasteiger partial charge in [0.25, 0.3) is 0 Å². The Morgan fingerprint density at radius 1 is 1.30 bits per heavy atom. The van der Waals surface area contributed by atoms with Crippen LogP contribution in [0.3, 0.4) is 0 Å². The first-order valence-corrected chi connectivity index (χ1v) is 8.45. The van der Waals surface area contributed by atoms with Crippen molar-refractivity contribution in [2.75, 3.05) is 13.1 Å². The molecule has 0 unspecified atom stereocenters. The molecule has 1 saturated carbocycles. The number of rotatable bonds is 6. The quantitative estimate of drug-likeness (QED) is 0.772. The summed E-state index contributed by atoms with van der Waals surface area (Å²) in [5.41, 5.74) is 1.42. The van der Waals surface area contributed by atoms with E-state index in [0.29, 0.717) is 15.8 Å². The molecule has 0 saturated heterocycles. The zero-order valence-electron chi connectivity index (χ0n) is 12.5. The summed E-state index contributed by atoms with van der Waals surface area (Å²) in [5.74, 6) is 0.528. The Labute approximate surface area is 130 Å². The Morgan fingerprint density at radius 3 is 2.65 bits per heavy atom. The third-order valence-corrected chi connectivity index (χ3v) is 5.20. The second-order valence-electron chi connectivity index (χ2n) is 6.62. The molecule has 0 bridgehead atoms. The van der Waals surface area contributed by atoms with Gasteiger partial charge < -0.3 is 5.32 Å². The monoisotopic (exact) mass is 341 g/mol. The standard InChI is InChI=1S/C17H25BrFN/c1-13(2)11-20-12-17(8-3-4-9-17)10-14-6-5-7-15(19)16(14)18/h5-7,13,20H,3-4,8-12H2,1-2H3. The molecule has 2 rings (SSSR count). The smallest absolute Gasteiger partial charge is 0.137 e. The van der Waals surface area contributed by atoms with Crippen LogP contribution in [-0.4, -0.2) is 13.1 Å². The van der Waals surface area contributed by atoms with Crippen molar-refractivity contribution in [3.8, 4) is 0 Å². The van der Waals surface area contributed by atoms with Gasteiger partial charge in [-0.25, -0.2) is 4.39 Å². The fourth-order valence-corrected chi connectivity index (χ4v) is 3.66. The molecule has 3 heteroatoms. The highest BCUT2D eigenvalue weighted by molar-refractivity contribution is 9.10. The number of benzene rings is 1. The van der Waals surface area contributed by atoms with E-state index in [1.807, 2.05) is 6.07 Å². The summed E-state index contributed by atoms with van der Waals surface area (Å²) in [6.45, 7) is 6.58. The molecule has 1 nitrogen and oxygen atoms in total. The molecule has 1 fully saturated rings. The van der Waals surface area contributed by atoms with Crippen LogP contribution in [0.1, 0.15) is 45.1 Å². The van der Waals surface area contributed by atoms with E-state index in [9.17, 15) is 4.39 Å². The molecule has 1 aliphatic rings. The maximum absolute atomic E-state index is 13.7. The van der Waals surface area contributed by atoms with Crippen molar-refractivity contribution in [3.63, 3.8) is 0 Å². The molecule has 0 atom stereocenters. The summed E-state index contributed by atoms with van der Waals surface area (Å²) < 4.78 is 14.3. The van der Waals surface area contributed by atoms with Crippen molar-refractivity contribution in [1.29, 1.82) is 0 Å². The fourth-order valence-electron chi connectivity index (χ4n) is 3.26. The van der Waals surface area contributed by atoms with Crippen LogP contribution in [0.2, 0.25) is 0 Å². The predicted molar refractivity (Wildman–Crippen MR) is 86.4 cm³/mol. The van der Waals surface area contributed by atoms with Gasteiger partial charge in [0.2, 0.25) is 0 Å². The van der Waals surface area contributed by atoms with E-state index in [0.717, 1.165) is 25.1 Å². The molecule has 1 aromatic carbocycles. The lowest BCUT2D eigenvalue weighted by Crippen LogP contribution is -2.35. The second kappa shape index (κ2) is 7.04. The van der Waals surface area contributed by atoms with Crippen LogP contribution in [-0.2, 0) is 6.42 Å². The van der Waals surface area contributed by atoms with E-state index < -0.39 is 0 Å². The van der Waals surface area contributed by atoms with Crippen molar-refractivity contribution in [2.24, 2.45) is 11.3 Å². The van der Waals surface area contributed by atoms with Crippen LogP contribution in [0, 0.1) is 17.2 Å². The molecule has 20 heavy (non-hydrogen) atoms. The summed E-state index contributed by atoms with van der Waals surface area (Å²) in [7, 11) is 0. The average molecular weight is 342 g/mol. The molecule has 1 aliphatic carbocycles. The highest BCUT2D eigenvalue weighted by Crippen LogP contribution is 2.41. The average Bonchev–Trinajstić information content (AvgIpc) is 2.83. The van der Waals surface area contributed by atoms with Crippen LogP contribution in [0.25, 0.3) is 0 Å². The van der Waals surface area contributed by atoms with Crippen molar-refractivity contribution in [1.82, 2.24) is 5.32 Å². The molecular formula is C17H25BrFN. The maximum atomic E-state index is 13.7. The van der Waals surface area contributed by atoms with Gasteiger partial charge in [0.15, 0.2) is 0 Å². The van der Waals surface area contributed by atoms with Crippen LogP contribution in [0.15, 0.2) is 22.7 Å². The molecule has 0 heterocycles. The third kappa shape index (κ3) is 4.05. The maximum Gasteiger partial charge on any atom is 0.137 e. The van der Waals surface area contributed by atoms with Crippen LogP contribution in [0.4, 0.5) is 4.39 Å². The van der Waals surface area contributed by atoms with E-state index in [1.54, 1.807) is 0 Å². The van der Waals surface area contributed by atoms with Gasteiger partial charge in [0, 0.05) is 6.54 Å². The third-order valence-electron chi connectivity index (χ3n) is 4.31. The Hall–Kier alpha value is -0.410. The Morgan fingerprint density at radius 2 is 2.00 bits per heavy atom. The number of nitrogens with one attached hydrogen (secondary N) is 1. The van der Waals surface area contributed by atoms with Gasteiger partial charge in [-0.2, -0.15) is 0 Å². The normalized spacial score (nSPS) is 17.9. The van der Waals surface area contributed by atoms with Crippen LogP contribution in [0.5, 0.6) is 0 Å². The largest absolute Gasteiger partial charge is 0.316 e. The van der Waals surface area contributed by atoms with E-state index in [4.69, 9.17) is 0 Å². The SMILES string of the molecule is CC(C)CNCC1(Cc2cccc(F)c2Br)CCCC1. The highest BCUT2D eigenvalue weighted by atomic mass is 79.9. The molecule has 1 aromatic rings. The molecule has 0 amide bonds. The van der Waals surface area contributed by atoms with Crippen molar-refractivity contribution < 1.29 is 4.39 Å². The molecule has 112 valence electrons. The van der Waals surface area contributed by atoms with Crippen molar-refractivity contribution in [3.05, 3.63) is 34.1 Å². The second-order valence-corrected chi connectivity index (χ2v) is 7.41. The Balaban J connectivity index is 2.07. The highest BCUT2D eigenvalue weighted by Gasteiger charge is 2.34. The van der Waals surface area contributed by atoms with Gasteiger partial charge in [-0.3, -0.25) is 0 Å². The van der Waals surface area contributed by atoms with Crippen LogP contribution >= 0.6 is 15.9 Å². The predicted octanol–water partition coefficient (Wildman–Crippen LogP) is 4.94. The molecular weight excluding hydrogens is 317 g/mol. The Kier molecular flexibility index (Phi) is 5.62. The van der Waals surface area contributed by atoms with Gasteiger partial charge in [-0.1, -0.05) is 38.8 Å². The first-order chi connectivity index (χ1) is 9.52. The summed E-state index contributed by atoms with van der Waals surface area (Å²) >= 11 is 3.41. The van der Waals surface area contributed by atoms with E-state index in [1.165, 1.54) is 31.7 Å². The number of hydrogen-bond donors (Lipinski definition) is 1. The Bertz CT molecular complexity index is 439. The van der Waals surface area contributed by atoms with Gasteiger partial charge in [-0.15, -0.1) is 0 Å². The lowest BCUT2D eigenvalue weighted by molar-refractivity contribution is 0.272. The zero-order valence-corrected chi connectivity index (χ0v) is 14.1. The summed E-state index contributed by atoms with van der Waals surface area (Å²) in [6, 6.07) is 5.39. The minimum atomic E-state index is -0.147. The molecule has 0 aliphatic heterocycles. The summed E-state index contributed by atoms with van der Waals surface area (Å²) in [6.07, 6.45) is 6.07. The summed E-state index contributed by atoms with van der Waals surface area (Å²) in [5, 5.41) is 3.61. The van der Waals surface area contributed by atoms with E-state index >= 15 is 0 Å². The number of halogens is 2. The van der Waals surface area contributed by atoms with Crippen molar-refractivity contribution in [2.45, 2.75) is 46.0 Å². The molecule has 0 spiro atoms. The van der Waals surface area contributed by atoms with E-state index in [2.05, 4.69) is 41.2 Å². The minimum Gasteiger partial charge on any atom is -0.316 e. The summed E-state index contributed by atoms with van der Waals surface area (Å²) in [4.78, 5) is 0. The zero-order chi connectivity index (χ0) is 14.6. The van der Waals surface area contributed by atoms with Crippen molar-refractivity contribution >= 4 is 15.9 Å². The topological polar surface area (TPSA) is 12.0 Å². The van der Waals surface area contributed by atoms with Gasteiger partial charge in [0.05, 0.1) is 4.47 Å². The van der Waals surface area contributed by atoms with Gasteiger partial charge in [-0.05, 0) is 64.7 Å². The van der Waals surface area contributed by atoms with Crippen LogP contribution < -0.4 is 5.32 Å².